The molecule has 27 heavy (non-hydrogen) atoms. The van der Waals surface area contributed by atoms with E-state index in [1.54, 1.807) is 40.9 Å². The zero-order chi connectivity index (χ0) is 18.6. The van der Waals surface area contributed by atoms with Gasteiger partial charge >= 0.3 is 5.97 Å². The summed E-state index contributed by atoms with van der Waals surface area (Å²) < 4.78 is 5.14. The Balaban J connectivity index is 1.50. The SMILES string of the molecule is O=C(OCC(=O)N1N=C(c2cccs2)C[C@H]1c1cccs1)c1ccccn1. The Labute approximate surface area is 163 Å². The minimum atomic E-state index is -0.627. The molecule has 0 saturated heterocycles. The number of hydrogen-bond donors (Lipinski definition) is 0. The van der Waals surface area contributed by atoms with Crippen molar-refractivity contribution >= 4 is 40.3 Å². The highest BCUT2D eigenvalue weighted by atomic mass is 32.1. The summed E-state index contributed by atoms with van der Waals surface area (Å²) in [5.41, 5.74) is 1.04. The molecule has 1 amide bonds. The Morgan fingerprint density at radius 2 is 1.96 bits per heavy atom. The lowest BCUT2D eigenvalue weighted by Crippen LogP contribution is -2.31. The molecule has 0 spiro atoms. The van der Waals surface area contributed by atoms with Crippen LogP contribution in [0.3, 0.4) is 0 Å². The van der Waals surface area contributed by atoms with Crippen LogP contribution in [0.2, 0.25) is 0 Å². The summed E-state index contributed by atoms with van der Waals surface area (Å²) in [7, 11) is 0. The maximum absolute atomic E-state index is 12.7. The van der Waals surface area contributed by atoms with Gasteiger partial charge in [0.05, 0.1) is 16.6 Å². The van der Waals surface area contributed by atoms with E-state index < -0.39 is 5.97 Å². The van der Waals surface area contributed by atoms with Crippen LogP contribution in [0.1, 0.15) is 32.7 Å². The molecule has 4 heterocycles. The van der Waals surface area contributed by atoms with Gasteiger partial charge in [0.15, 0.2) is 6.61 Å². The van der Waals surface area contributed by atoms with Gasteiger partial charge in [-0.25, -0.2) is 14.8 Å². The highest BCUT2D eigenvalue weighted by Gasteiger charge is 2.34. The molecule has 0 aliphatic carbocycles. The molecule has 1 aliphatic heterocycles. The summed E-state index contributed by atoms with van der Waals surface area (Å²) >= 11 is 3.17. The molecule has 0 bridgehead atoms. The first-order valence-electron chi connectivity index (χ1n) is 8.27. The van der Waals surface area contributed by atoms with Crippen molar-refractivity contribution in [1.82, 2.24) is 9.99 Å². The minimum absolute atomic E-state index is 0.171. The van der Waals surface area contributed by atoms with Gasteiger partial charge in [0.2, 0.25) is 0 Å². The molecule has 0 unspecified atom stereocenters. The number of esters is 1. The van der Waals surface area contributed by atoms with Gasteiger partial charge in [0.1, 0.15) is 5.69 Å². The zero-order valence-corrected chi connectivity index (χ0v) is 15.8. The molecule has 0 fully saturated rings. The average molecular weight is 397 g/mol. The monoisotopic (exact) mass is 397 g/mol. The average Bonchev–Trinajstić information content (AvgIpc) is 3.46. The van der Waals surface area contributed by atoms with Crippen LogP contribution in [0.15, 0.2) is 64.5 Å². The number of aromatic nitrogens is 1. The van der Waals surface area contributed by atoms with E-state index in [-0.39, 0.29) is 24.2 Å². The van der Waals surface area contributed by atoms with Crippen molar-refractivity contribution in [1.29, 1.82) is 0 Å². The fourth-order valence-electron chi connectivity index (χ4n) is 2.79. The number of pyridine rings is 1. The molecule has 1 aliphatic rings. The van der Waals surface area contributed by atoms with Crippen molar-refractivity contribution < 1.29 is 14.3 Å². The van der Waals surface area contributed by atoms with E-state index in [1.165, 1.54) is 11.2 Å². The van der Waals surface area contributed by atoms with Gasteiger partial charge in [-0.3, -0.25) is 4.79 Å². The lowest BCUT2D eigenvalue weighted by atomic mass is 10.1. The lowest BCUT2D eigenvalue weighted by Gasteiger charge is -2.20. The van der Waals surface area contributed by atoms with E-state index in [1.807, 2.05) is 35.0 Å². The van der Waals surface area contributed by atoms with Crippen LogP contribution < -0.4 is 0 Å². The quantitative estimate of drug-likeness (QED) is 0.615. The van der Waals surface area contributed by atoms with Gasteiger partial charge in [-0.15, -0.1) is 22.7 Å². The zero-order valence-electron chi connectivity index (χ0n) is 14.1. The van der Waals surface area contributed by atoms with Crippen molar-refractivity contribution in [2.75, 3.05) is 6.61 Å². The van der Waals surface area contributed by atoms with E-state index in [0.29, 0.717) is 6.42 Å². The predicted octanol–water partition coefficient (Wildman–Crippen LogP) is 3.74. The van der Waals surface area contributed by atoms with Gasteiger partial charge in [0, 0.05) is 17.5 Å². The Kier molecular flexibility index (Phi) is 5.08. The standard InChI is InChI=1S/C19H15N3O3S2/c23-18(12-25-19(24)13-5-1-2-8-20-13)22-15(17-7-4-10-27-17)11-14(21-22)16-6-3-9-26-16/h1-10,15H,11-12H2/t15-/m0/s1. The topological polar surface area (TPSA) is 71.9 Å². The molecule has 3 aromatic rings. The van der Waals surface area contributed by atoms with Gasteiger partial charge < -0.3 is 4.74 Å². The molecule has 136 valence electrons. The smallest absolute Gasteiger partial charge is 0.357 e. The van der Waals surface area contributed by atoms with Crippen LogP contribution in [0.5, 0.6) is 0 Å². The number of thiophene rings is 2. The van der Waals surface area contributed by atoms with E-state index in [4.69, 9.17) is 4.74 Å². The second kappa shape index (κ2) is 7.81. The normalized spacial score (nSPS) is 16.2. The van der Waals surface area contributed by atoms with Crippen molar-refractivity contribution in [2.45, 2.75) is 12.5 Å². The first-order chi connectivity index (χ1) is 13.2. The molecule has 4 rings (SSSR count). The number of ether oxygens (including phenoxy) is 1. The van der Waals surface area contributed by atoms with Crippen molar-refractivity contribution in [3.8, 4) is 0 Å². The number of carbonyl (C=O) groups excluding carboxylic acids is 2. The predicted molar refractivity (Wildman–Crippen MR) is 104 cm³/mol. The van der Waals surface area contributed by atoms with E-state index in [2.05, 4.69) is 10.1 Å². The van der Waals surface area contributed by atoms with Crippen molar-refractivity contribution in [2.24, 2.45) is 5.10 Å². The molecule has 6 nitrogen and oxygen atoms in total. The van der Waals surface area contributed by atoms with Crippen molar-refractivity contribution in [3.05, 3.63) is 74.9 Å². The van der Waals surface area contributed by atoms with Crippen LogP contribution in [-0.2, 0) is 9.53 Å². The van der Waals surface area contributed by atoms with Crippen LogP contribution in [-0.4, -0.2) is 34.2 Å². The summed E-state index contributed by atoms with van der Waals surface area (Å²) in [6.45, 7) is -0.376. The highest BCUT2D eigenvalue weighted by molar-refractivity contribution is 7.12. The fraction of sp³-hybridized carbons (Fsp3) is 0.158. The number of hydrogen-bond acceptors (Lipinski definition) is 7. The van der Waals surface area contributed by atoms with E-state index >= 15 is 0 Å². The minimum Gasteiger partial charge on any atom is -0.451 e. The van der Waals surface area contributed by atoms with Gasteiger partial charge in [0.25, 0.3) is 5.91 Å². The van der Waals surface area contributed by atoms with Crippen LogP contribution >= 0.6 is 22.7 Å². The maximum Gasteiger partial charge on any atom is 0.357 e. The third-order valence-corrected chi connectivity index (χ3v) is 5.94. The number of hydrazone groups is 1. The molecular weight excluding hydrogens is 382 g/mol. The summed E-state index contributed by atoms with van der Waals surface area (Å²) in [5, 5.41) is 9.92. The molecule has 0 radical (unpaired) electrons. The largest absolute Gasteiger partial charge is 0.451 e. The Bertz CT molecular complexity index is 954. The molecule has 3 aromatic heterocycles. The number of carbonyl (C=O) groups is 2. The Hall–Kier alpha value is -2.84. The van der Waals surface area contributed by atoms with E-state index in [0.717, 1.165) is 15.5 Å². The Morgan fingerprint density at radius 3 is 2.67 bits per heavy atom. The van der Waals surface area contributed by atoms with Crippen LogP contribution in [0, 0.1) is 0 Å². The second-order valence-corrected chi connectivity index (χ2v) is 7.72. The van der Waals surface area contributed by atoms with Gasteiger partial charge in [-0.1, -0.05) is 18.2 Å². The highest BCUT2D eigenvalue weighted by Crippen LogP contribution is 2.35. The first-order valence-corrected chi connectivity index (χ1v) is 10.0. The summed E-state index contributed by atoms with van der Waals surface area (Å²) in [4.78, 5) is 30.8. The summed E-state index contributed by atoms with van der Waals surface area (Å²) in [6.07, 6.45) is 2.14. The maximum atomic E-state index is 12.7. The van der Waals surface area contributed by atoms with Gasteiger partial charge in [-0.2, -0.15) is 5.10 Å². The van der Waals surface area contributed by atoms with Crippen LogP contribution in [0.25, 0.3) is 0 Å². The molecule has 0 saturated carbocycles. The van der Waals surface area contributed by atoms with Crippen LogP contribution in [0.4, 0.5) is 0 Å². The number of nitrogens with zero attached hydrogens (tertiary/aromatic N) is 3. The second-order valence-electron chi connectivity index (χ2n) is 5.79. The summed E-state index contributed by atoms with van der Waals surface area (Å²) in [6, 6.07) is 12.7. The molecule has 0 N–H and O–H groups in total. The summed E-state index contributed by atoms with van der Waals surface area (Å²) in [5.74, 6) is -0.984. The molecule has 0 aromatic carbocycles. The number of rotatable bonds is 5. The Morgan fingerprint density at radius 1 is 1.11 bits per heavy atom. The third-order valence-electron chi connectivity index (χ3n) is 4.04. The molecule has 8 heteroatoms. The van der Waals surface area contributed by atoms with E-state index in [9.17, 15) is 9.59 Å². The molecular formula is C19H15N3O3S2. The molecule has 1 atom stereocenters. The first kappa shape index (κ1) is 17.6. The number of amides is 1. The van der Waals surface area contributed by atoms with Gasteiger partial charge in [-0.05, 0) is 35.0 Å². The van der Waals surface area contributed by atoms with Crippen molar-refractivity contribution in [3.63, 3.8) is 0 Å². The third kappa shape index (κ3) is 3.81. The fourth-order valence-corrected chi connectivity index (χ4v) is 4.32. The lowest BCUT2D eigenvalue weighted by molar-refractivity contribution is -0.136.